The summed E-state index contributed by atoms with van der Waals surface area (Å²) >= 11 is 0. The van der Waals surface area contributed by atoms with Crippen LogP contribution in [-0.2, 0) is 10.0 Å². The van der Waals surface area contributed by atoms with Gasteiger partial charge in [0.05, 0.1) is 12.0 Å². The maximum atomic E-state index is 12.7. The molecule has 2 N–H and O–H groups in total. The Morgan fingerprint density at radius 3 is 2.66 bits per heavy atom. The molecule has 1 atom stereocenters. The van der Waals surface area contributed by atoms with Crippen molar-refractivity contribution < 1.29 is 13.2 Å². The molecule has 0 aliphatic rings. The predicted octanol–water partition coefficient (Wildman–Crippen LogP) is 3.21. The second kappa shape index (κ2) is 9.65. The molecule has 0 aliphatic carbocycles. The van der Waals surface area contributed by atoms with Gasteiger partial charge in [-0.1, -0.05) is 36.4 Å². The minimum absolute atomic E-state index is 0.102. The fraction of sp³-hybridized carbons (Fsp3) is 0.227. The first-order valence-electron chi connectivity index (χ1n) is 9.37. The Labute approximate surface area is 171 Å². The third kappa shape index (κ3) is 5.63. The lowest BCUT2D eigenvalue weighted by molar-refractivity contribution is 0.415. The molecular formula is C22H25N3O3S. The van der Waals surface area contributed by atoms with Gasteiger partial charge in [-0.3, -0.25) is 4.98 Å². The van der Waals surface area contributed by atoms with Gasteiger partial charge in [-0.15, -0.1) is 0 Å². The minimum atomic E-state index is -3.59. The lowest BCUT2D eigenvalue weighted by atomic mass is 10.2. The Hall–Kier alpha value is -2.74. The van der Waals surface area contributed by atoms with E-state index in [4.69, 9.17) is 4.74 Å². The molecule has 1 aromatic heterocycles. The van der Waals surface area contributed by atoms with E-state index in [0.29, 0.717) is 18.5 Å². The molecule has 29 heavy (non-hydrogen) atoms. The Balaban J connectivity index is 1.51. The van der Waals surface area contributed by atoms with Crippen LogP contribution in [0.4, 0.5) is 0 Å². The number of sulfonamides is 1. The van der Waals surface area contributed by atoms with E-state index in [2.05, 4.69) is 15.0 Å². The number of nitrogens with zero attached hydrogens (tertiary/aromatic N) is 1. The highest BCUT2D eigenvalue weighted by Crippen LogP contribution is 2.21. The molecule has 0 spiro atoms. The molecule has 3 aromatic rings. The summed E-state index contributed by atoms with van der Waals surface area (Å²) in [6, 6.07) is 14.8. The van der Waals surface area contributed by atoms with Crippen LogP contribution >= 0.6 is 0 Å². The smallest absolute Gasteiger partial charge is 0.241 e. The first kappa shape index (κ1) is 21.0. The van der Waals surface area contributed by atoms with Gasteiger partial charge in [-0.25, -0.2) is 13.1 Å². The van der Waals surface area contributed by atoms with E-state index in [1.54, 1.807) is 37.7 Å². The maximum Gasteiger partial charge on any atom is 0.241 e. The number of ether oxygens (including phenoxy) is 1. The van der Waals surface area contributed by atoms with Gasteiger partial charge in [0.15, 0.2) is 0 Å². The van der Waals surface area contributed by atoms with E-state index in [0.717, 1.165) is 16.7 Å². The van der Waals surface area contributed by atoms with Crippen molar-refractivity contribution in [1.29, 1.82) is 0 Å². The number of rotatable bonds is 9. The molecule has 152 valence electrons. The normalized spacial score (nSPS) is 13.0. The van der Waals surface area contributed by atoms with E-state index in [1.165, 1.54) is 0 Å². The number of hydrogen-bond acceptors (Lipinski definition) is 5. The van der Waals surface area contributed by atoms with Crippen molar-refractivity contribution in [1.82, 2.24) is 15.0 Å². The molecule has 1 heterocycles. The van der Waals surface area contributed by atoms with Crippen molar-refractivity contribution in [3.05, 3.63) is 72.6 Å². The van der Waals surface area contributed by atoms with Crippen molar-refractivity contribution in [3.63, 3.8) is 0 Å². The summed E-state index contributed by atoms with van der Waals surface area (Å²) in [6.07, 6.45) is 7.31. The van der Waals surface area contributed by atoms with Gasteiger partial charge in [0.1, 0.15) is 5.75 Å². The van der Waals surface area contributed by atoms with Crippen molar-refractivity contribution in [2.45, 2.75) is 17.9 Å². The third-order valence-electron chi connectivity index (χ3n) is 4.51. The molecule has 0 bridgehead atoms. The minimum Gasteiger partial charge on any atom is -0.497 e. The average molecular weight is 412 g/mol. The largest absolute Gasteiger partial charge is 0.497 e. The summed E-state index contributed by atoms with van der Waals surface area (Å²) in [7, 11) is -1.95. The number of hydrogen-bond donors (Lipinski definition) is 2. The summed E-state index contributed by atoms with van der Waals surface area (Å²) in [5.74, 6) is 0.822. The summed E-state index contributed by atoms with van der Waals surface area (Å²) in [5, 5.41) is 4.75. The third-order valence-corrected chi connectivity index (χ3v) is 6.03. The zero-order valence-corrected chi connectivity index (χ0v) is 17.3. The summed E-state index contributed by atoms with van der Waals surface area (Å²) in [6.45, 7) is 2.83. The van der Waals surface area contributed by atoms with Crippen LogP contribution in [0.15, 0.2) is 71.9 Å². The number of pyridine rings is 1. The van der Waals surface area contributed by atoms with E-state index < -0.39 is 10.0 Å². The number of nitrogens with one attached hydrogen (secondary N) is 2. The zero-order chi connectivity index (χ0) is 20.7. The summed E-state index contributed by atoms with van der Waals surface area (Å²) < 4.78 is 33.1. The van der Waals surface area contributed by atoms with Crippen LogP contribution in [0.1, 0.15) is 12.5 Å². The summed E-state index contributed by atoms with van der Waals surface area (Å²) in [5.41, 5.74) is 1.07. The van der Waals surface area contributed by atoms with Crippen LogP contribution in [0.3, 0.4) is 0 Å². The molecule has 0 radical (unpaired) electrons. The Morgan fingerprint density at radius 2 is 1.90 bits per heavy atom. The van der Waals surface area contributed by atoms with E-state index >= 15 is 0 Å². The molecule has 0 saturated heterocycles. The van der Waals surface area contributed by atoms with Crippen LogP contribution in [-0.4, -0.2) is 39.6 Å². The van der Waals surface area contributed by atoms with Crippen LogP contribution in [0.2, 0.25) is 0 Å². The Bertz CT molecular complexity index is 1070. The number of aromatic nitrogens is 1. The standard InChI is InChI=1S/C22H25N3O3S/c1-17(6-7-18-8-10-20(28-2)11-9-18)24-14-15-25-29(26,27)22-5-3-4-19-16-23-13-12-21(19)22/h3-13,16-17,24-25H,14-15H2,1-2H3. The van der Waals surface area contributed by atoms with Gasteiger partial charge in [0.25, 0.3) is 0 Å². The highest BCUT2D eigenvalue weighted by atomic mass is 32.2. The molecule has 6 nitrogen and oxygen atoms in total. The van der Waals surface area contributed by atoms with Gasteiger partial charge in [-0.05, 0) is 36.8 Å². The molecule has 0 saturated carbocycles. The first-order valence-corrected chi connectivity index (χ1v) is 10.9. The topological polar surface area (TPSA) is 80.3 Å². The second-order valence-corrected chi connectivity index (χ2v) is 8.36. The highest BCUT2D eigenvalue weighted by molar-refractivity contribution is 7.89. The van der Waals surface area contributed by atoms with Crippen LogP contribution in [0.25, 0.3) is 16.8 Å². The Morgan fingerprint density at radius 1 is 1.10 bits per heavy atom. The van der Waals surface area contributed by atoms with Gasteiger partial charge in [0.2, 0.25) is 10.0 Å². The SMILES string of the molecule is COc1ccc(C=CC(C)NCCNS(=O)(=O)c2cccc3cnccc23)cc1. The van der Waals surface area contributed by atoms with E-state index in [1.807, 2.05) is 49.4 Å². The zero-order valence-electron chi connectivity index (χ0n) is 16.5. The molecule has 0 amide bonds. The van der Waals surface area contributed by atoms with Crippen molar-refractivity contribution >= 4 is 26.9 Å². The molecule has 7 heteroatoms. The van der Waals surface area contributed by atoms with Crippen LogP contribution < -0.4 is 14.8 Å². The molecule has 0 fully saturated rings. The molecule has 2 aromatic carbocycles. The predicted molar refractivity (Wildman–Crippen MR) is 116 cm³/mol. The van der Waals surface area contributed by atoms with Gasteiger partial charge >= 0.3 is 0 Å². The fourth-order valence-electron chi connectivity index (χ4n) is 2.93. The molecule has 3 rings (SSSR count). The van der Waals surface area contributed by atoms with Gasteiger partial charge in [0, 0.05) is 42.3 Å². The summed E-state index contributed by atoms with van der Waals surface area (Å²) in [4.78, 5) is 4.31. The maximum absolute atomic E-state index is 12.7. The Kier molecular flexibility index (Phi) is 6.98. The second-order valence-electron chi connectivity index (χ2n) is 6.63. The average Bonchev–Trinajstić information content (AvgIpc) is 2.75. The van der Waals surface area contributed by atoms with Crippen molar-refractivity contribution in [2.24, 2.45) is 0 Å². The van der Waals surface area contributed by atoms with Crippen molar-refractivity contribution in [3.8, 4) is 5.75 Å². The number of fused-ring (bicyclic) bond motifs is 1. The number of methoxy groups -OCH3 is 1. The van der Waals surface area contributed by atoms with Crippen molar-refractivity contribution in [2.75, 3.05) is 20.2 Å². The fourth-order valence-corrected chi connectivity index (χ4v) is 4.19. The monoisotopic (exact) mass is 411 g/mol. The van der Waals surface area contributed by atoms with Crippen LogP contribution in [0.5, 0.6) is 5.75 Å². The number of benzene rings is 2. The quantitative estimate of drug-likeness (QED) is 0.529. The molecule has 0 aliphatic heterocycles. The van der Waals surface area contributed by atoms with E-state index in [-0.39, 0.29) is 10.9 Å². The van der Waals surface area contributed by atoms with Gasteiger partial charge < -0.3 is 10.1 Å². The van der Waals surface area contributed by atoms with Crippen LogP contribution in [0, 0.1) is 0 Å². The molecule has 1 unspecified atom stereocenters. The van der Waals surface area contributed by atoms with Gasteiger partial charge in [-0.2, -0.15) is 0 Å². The van der Waals surface area contributed by atoms with E-state index in [9.17, 15) is 8.42 Å². The first-order chi connectivity index (χ1) is 14.0. The lowest BCUT2D eigenvalue weighted by Crippen LogP contribution is -2.35. The highest BCUT2D eigenvalue weighted by Gasteiger charge is 2.16. The lowest BCUT2D eigenvalue weighted by Gasteiger charge is -2.12. The molecular weight excluding hydrogens is 386 g/mol.